The van der Waals surface area contributed by atoms with Crippen LogP contribution in [-0.4, -0.2) is 67.5 Å². The SMILES string of the molecule is BrB(Br)Br.COC(=O)C1Cc2cc(OC)ccc2C1=O.COC(=O)C1Cc2ccc(O)cc2C1.COC(=O)C1Cc2ccc(OC)cc2C1. The van der Waals surface area contributed by atoms with Gasteiger partial charge in [-0.25, -0.2) is 0 Å². The molecule has 0 heterocycles. The number of phenols is 1. The third-order valence-corrected chi connectivity index (χ3v) is 8.34. The van der Waals surface area contributed by atoms with Gasteiger partial charge >= 0.3 is 21.1 Å². The van der Waals surface area contributed by atoms with Gasteiger partial charge < -0.3 is 28.8 Å². The average molecular weight is 869 g/mol. The summed E-state index contributed by atoms with van der Waals surface area (Å²) >= 11 is 9.31. The molecule has 3 aromatic carbocycles. The van der Waals surface area contributed by atoms with Gasteiger partial charge in [-0.2, -0.15) is 0 Å². The Labute approximate surface area is 311 Å². The van der Waals surface area contributed by atoms with Crippen molar-refractivity contribution in [1.82, 2.24) is 0 Å². The Kier molecular flexibility index (Phi) is 15.7. The molecule has 3 atom stereocenters. The maximum Gasteiger partial charge on any atom is 0.369 e. The van der Waals surface area contributed by atoms with Crippen molar-refractivity contribution in [1.29, 1.82) is 0 Å². The molecule has 0 saturated carbocycles. The van der Waals surface area contributed by atoms with E-state index in [1.165, 1.54) is 32.5 Å². The fourth-order valence-corrected chi connectivity index (χ4v) is 5.93. The van der Waals surface area contributed by atoms with Crippen LogP contribution in [0.25, 0.3) is 0 Å². The molecule has 10 nitrogen and oxygen atoms in total. The number of phenolic OH excluding ortho intramolecular Hbond substituents is 1. The summed E-state index contributed by atoms with van der Waals surface area (Å²) in [7, 11) is 7.35. The number of fused-ring (bicyclic) bond motifs is 3. The summed E-state index contributed by atoms with van der Waals surface area (Å²) in [6.45, 7) is 0. The second kappa shape index (κ2) is 19.1. The predicted octanol–water partition coefficient (Wildman–Crippen LogP) is 6.24. The summed E-state index contributed by atoms with van der Waals surface area (Å²) < 4.78 is 24.5. The molecule has 3 aromatic rings. The molecule has 262 valence electrons. The zero-order valence-electron chi connectivity index (χ0n) is 27.8. The number of benzene rings is 3. The second-order valence-electron chi connectivity index (χ2n) is 11.3. The Morgan fingerprint density at radius 3 is 1.53 bits per heavy atom. The van der Waals surface area contributed by atoms with E-state index in [2.05, 4.69) is 52.0 Å². The Morgan fingerprint density at radius 2 is 1.04 bits per heavy atom. The molecular formula is C35H38BBr3O10. The standard InChI is InChI=1S/C12H12O4.C12H14O3.C11H12O3.BBr3/c1-15-8-3-4-9-7(5-8)6-10(11(9)13)12(14)16-2;1-14-11-4-3-8-5-10(12(13)15-2)6-9(8)7-11;1-14-11(13)9-4-7-2-3-10(12)6-8(7)5-9;2-1(3)4/h3-5,10H,6H2,1-2H3;3-4,7,10H,5-6H2,1-2H3;2-3,6,9,12H,4-5H2,1H3;. The van der Waals surface area contributed by atoms with Crippen LogP contribution in [0.4, 0.5) is 0 Å². The van der Waals surface area contributed by atoms with Crippen molar-refractivity contribution in [2.24, 2.45) is 17.8 Å². The number of Topliss-reactive ketones (excluding diaryl/α,β-unsaturated/α-hetero) is 1. The Bertz CT molecular complexity index is 1650. The minimum Gasteiger partial charge on any atom is -0.508 e. The molecule has 0 aliphatic heterocycles. The summed E-state index contributed by atoms with van der Waals surface area (Å²) in [5.74, 6) is 0.0992. The Morgan fingerprint density at radius 1 is 0.612 bits per heavy atom. The van der Waals surface area contributed by atoms with E-state index < -0.39 is 11.9 Å². The molecule has 0 radical (unpaired) electrons. The van der Waals surface area contributed by atoms with Crippen LogP contribution in [0.3, 0.4) is 0 Å². The first-order chi connectivity index (χ1) is 23.3. The van der Waals surface area contributed by atoms with E-state index in [-0.39, 0.29) is 38.5 Å². The van der Waals surface area contributed by atoms with Gasteiger partial charge in [-0.1, -0.05) is 12.1 Å². The summed E-state index contributed by atoms with van der Waals surface area (Å²) in [4.78, 5) is 45.9. The van der Waals surface area contributed by atoms with Gasteiger partial charge in [0.2, 0.25) is 0 Å². The van der Waals surface area contributed by atoms with Crippen LogP contribution in [-0.2, 0) is 60.7 Å². The van der Waals surface area contributed by atoms with Crippen LogP contribution >= 0.6 is 47.3 Å². The van der Waals surface area contributed by atoms with Gasteiger partial charge in [0, 0.05) is 5.56 Å². The number of halogens is 3. The summed E-state index contributed by atoms with van der Waals surface area (Å²) in [6.07, 6.45) is 3.35. The zero-order chi connectivity index (χ0) is 36.2. The molecule has 0 spiro atoms. The molecule has 0 aromatic heterocycles. The lowest BCUT2D eigenvalue weighted by molar-refractivity contribution is -0.145. The highest BCUT2D eigenvalue weighted by atomic mass is 79.9. The number of methoxy groups -OCH3 is 5. The number of esters is 3. The highest BCUT2D eigenvalue weighted by Crippen LogP contribution is 2.32. The van der Waals surface area contributed by atoms with Crippen LogP contribution in [0.15, 0.2) is 54.6 Å². The highest BCUT2D eigenvalue weighted by molar-refractivity contribution is 9.69. The van der Waals surface area contributed by atoms with Crippen molar-refractivity contribution in [2.75, 3.05) is 35.5 Å². The molecule has 3 unspecified atom stereocenters. The van der Waals surface area contributed by atoms with Gasteiger partial charge in [0.05, 0.1) is 47.4 Å². The van der Waals surface area contributed by atoms with Crippen LogP contribution in [0, 0.1) is 17.8 Å². The first-order valence-corrected chi connectivity index (χ1v) is 17.9. The van der Waals surface area contributed by atoms with Crippen molar-refractivity contribution < 1.29 is 48.0 Å². The minimum atomic E-state index is -0.688. The third kappa shape index (κ3) is 11.1. The lowest BCUT2D eigenvalue weighted by Crippen LogP contribution is -2.21. The van der Waals surface area contributed by atoms with Crippen molar-refractivity contribution in [2.45, 2.75) is 32.1 Å². The van der Waals surface area contributed by atoms with Crippen molar-refractivity contribution in [3.63, 3.8) is 0 Å². The number of ether oxygens (including phenoxy) is 5. The molecule has 6 rings (SSSR count). The molecular weight excluding hydrogens is 831 g/mol. The quantitative estimate of drug-likeness (QED) is 0.136. The first kappa shape index (κ1) is 40.1. The molecule has 0 saturated heterocycles. The molecule has 49 heavy (non-hydrogen) atoms. The van der Waals surface area contributed by atoms with Gasteiger partial charge in [-0.15, -0.1) is 47.3 Å². The van der Waals surface area contributed by atoms with E-state index in [0.717, 1.165) is 41.7 Å². The predicted molar refractivity (Wildman–Crippen MR) is 196 cm³/mol. The van der Waals surface area contributed by atoms with E-state index in [9.17, 15) is 24.3 Å². The number of hydrogen-bond acceptors (Lipinski definition) is 10. The van der Waals surface area contributed by atoms with E-state index >= 15 is 0 Å². The summed E-state index contributed by atoms with van der Waals surface area (Å²) in [5.41, 5.74) is 6.06. The molecule has 1 N–H and O–H groups in total. The summed E-state index contributed by atoms with van der Waals surface area (Å²) in [6, 6.07) is 16.4. The molecule has 0 bridgehead atoms. The van der Waals surface area contributed by atoms with Crippen molar-refractivity contribution in [3.05, 3.63) is 88.0 Å². The monoisotopic (exact) mass is 866 g/mol. The van der Waals surface area contributed by atoms with E-state index in [1.54, 1.807) is 44.6 Å². The van der Waals surface area contributed by atoms with Crippen LogP contribution in [0.1, 0.15) is 38.2 Å². The molecule has 0 fully saturated rings. The molecule has 3 aliphatic rings. The number of carbonyl (C=O) groups excluding carboxylic acids is 4. The third-order valence-electron chi connectivity index (χ3n) is 8.34. The maximum atomic E-state index is 11.9. The number of ketones is 1. The Hall–Kier alpha value is -3.36. The highest BCUT2D eigenvalue weighted by Gasteiger charge is 2.36. The average Bonchev–Trinajstić information content (AvgIpc) is 3.81. The van der Waals surface area contributed by atoms with Gasteiger partial charge in [-0.3, -0.25) is 19.2 Å². The normalized spacial score (nSPS) is 17.6. The number of hydrogen-bond donors (Lipinski definition) is 1. The topological polar surface area (TPSA) is 135 Å². The van der Waals surface area contributed by atoms with E-state index in [0.29, 0.717) is 24.2 Å². The smallest absolute Gasteiger partial charge is 0.369 e. The van der Waals surface area contributed by atoms with Crippen LogP contribution < -0.4 is 9.47 Å². The van der Waals surface area contributed by atoms with Gasteiger partial charge in [0.1, 0.15) is 23.2 Å². The number of aromatic hydroxyl groups is 1. The molecule has 3 aliphatic carbocycles. The second-order valence-corrected chi connectivity index (χ2v) is 17.7. The van der Waals surface area contributed by atoms with E-state index in [1.807, 2.05) is 24.3 Å². The zero-order valence-corrected chi connectivity index (χ0v) is 32.6. The largest absolute Gasteiger partial charge is 0.508 e. The molecule has 0 amide bonds. The first-order valence-electron chi connectivity index (χ1n) is 15.2. The fraction of sp³-hybridized carbons (Fsp3) is 0.371. The summed E-state index contributed by atoms with van der Waals surface area (Å²) in [5, 5.41) is 9.26. The number of carbonyl (C=O) groups is 4. The van der Waals surface area contributed by atoms with Gasteiger partial charge in [0.25, 0.3) is 0 Å². The lowest BCUT2D eigenvalue weighted by Gasteiger charge is -2.04. The Balaban J connectivity index is 0.000000189. The van der Waals surface area contributed by atoms with Gasteiger partial charge in [-0.05, 0) is 102 Å². The van der Waals surface area contributed by atoms with Crippen molar-refractivity contribution in [3.8, 4) is 17.2 Å². The molecule has 14 heteroatoms. The van der Waals surface area contributed by atoms with Crippen molar-refractivity contribution >= 4 is 74.1 Å². The van der Waals surface area contributed by atoms with Gasteiger partial charge in [0.15, 0.2) is 5.78 Å². The maximum absolute atomic E-state index is 11.9. The van der Waals surface area contributed by atoms with Crippen LogP contribution in [0.5, 0.6) is 17.2 Å². The minimum absolute atomic E-state index is 0.0166. The number of rotatable bonds is 5. The van der Waals surface area contributed by atoms with Crippen LogP contribution in [0.2, 0.25) is 0 Å². The fourth-order valence-electron chi connectivity index (χ4n) is 5.93. The lowest BCUT2D eigenvalue weighted by atomic mass is 10.1. The van der Waals surface area contributed by atoms with E-state index in [4.69, 9.17) is 18.9 Å².